The maximum Gasteiger partial charge on any atom is 0.0703 e. The standard InChI is InChI=1S/C15H30N2O/c1-5-15(4)11-16-14(12(2)3)10-17(15)9-13-7-6-8-18-13/h12-14,16H,5-11H2,1-4H3. The third-order valence-corrected chi connectivity index (χ3v) is 4.94. The minimum atomic E-state index is 0.303. The second kappa shape index (κ2) is 5.89. The fourth-order valence-corrected chi connectivity index (χ4v) is 3.11. The van der Waals surface area contributed by atoms with Gasteiger partial charge in [0.15, 0.2) is 0 Å². The van der Waals surface area contributed by atoms with Gasteiger partial charge < -0.3 is 10.1 Å². The summed E-state index contributed by atoms with van der Waals surface area (Å²) in [4.78, 5) is 2.68. The van der Waals surface area contributed by atoms with Crippen molar-refractivity contribution in [2.75, 3.05) is 26.2 Å². The van der Waals surface area contributed by atoms with E-state index in [0.717, 1.165) is 19.7 Å². The average molecular weight is 254 g/mol. The third kappa shape index (κ3) is 3.06. The highest BCUT2D eigenvalue weighted by atomic mass is 16.5. The summed E-state index contributed by atoms with van der Waals surface area (Å²) < 4.78 is 5.83. The average Bonchev–Trinajstić information content (AvgIpc) is 2.84. The molecule has 0 amide bonds. The Hall–Kier alpha value is -0.120. The summed E-state index contributed by atoms with van der Waals surface area (Å²) in [6.45, 7) is 13.7. The van der Waals surface area contributed by atoms with Crippen molar-refractivity contribution in [3.8, 4) is 0 Å². The summed E-state index contributed by atoms with van der Waals surface area (Å²) in [5.41, 5.74) is 0.303. The monoisotopic (exact) mass is 254 g/mol. The van der Waals surface area contributed by atoms with E-state index < -0.39 is 0 Å². The van der Waals surface area contributed by atoms with E-state index in [1.54, 1.807) is 0 Å². The van der Waals surface area contributed by atoms with E-state index in [4.69, 9.17) is 4.74 Å². The maximum atomic E-state index is 5.83. The third-order valence-electron chi connectivity index (χ3n) is 4.94. The number of ether oxygens (including phenoxy) is 1. The van der Waals surface area contributed by atoms with E-state index >= 15 is 0 Å². The van der Waals surface area contributed by atoms with Gasteiger partial charge in [-0.05, 0) is 32.1 Å². The van der Waals surface area contributed by atoms with Gasteiger partial charge in [0.2, 0.25) is 0 Å². The molecule has 3 atom stereocenters. The molecule has 106 valence electrons. The zero-order valence-electron chi connectivity index (χ0n) is 12.5. The van der Waals surface area contributed by atoms with Gasteiger partial charge in [-0.15, -0.1) is 0 Å². The molecule has 0 aliphatic carbocycles. The van der Waals surface area contributed by atoms with E-state index in [1.807, 2.05) is 0 Å². The summed E-state index contributed by atoms with van der Waals surface area (Å²) in [7, 11) is 0. The molecule has 2 heterocycles. The molecule has 0 aromatic carbocycles. The number of nitrogens with zero attached hydrogens (tertiary/aromatic N) is 1. The van der Waals surface area contributed by atoms with Crippen molar-refractivity contribution in [1.82, 2.24) is 10.2 Å². The van der Waals surface area contributed by atoms with Gasteiger partial charge in [0.25, 0.3) is 0 Å². The van der Waals surface area contributed by atoms with Crippen LogP contribution in [0.4, 0.5) is 0 Å². The molecule has 2 rings (SSSR count). The molecule has 0 radical (unpaired) electrons. The zero-order chi connectivity index (χ0) is 13.2. The second-order valence-corrected chi connectivity index (χ2v) is 6.62. The van der Waals surface area contributed by atoms with Crippen LogP contribution in [0.5, 0.6) is 0 Å². The fraction of sp³-hybridized carbons (Fsp3) is 1.00. The molecule has 2 fully saturated rings. The normalized spacial score (nSPS) is 38.5. The number of hydrogen-bond acceptors (Lipinski definition) is 3. The molecule has 0 bridgehead atoms. The number of piperazine rings is 1. The van der Waals surface area contributed by atoms with Crippen molar-refractivity contribution in [2.45, 2.75) is 64.6 Å². The Labute approximate surface area is 112 Å². The molecule has 2 saturated heterocycles. The van der Waals surface area contributed by atoms with Gasteiger partial charge in [0.1, 0.15) is 0 Å². The Morgan fingerprint density at radius 2 is 2.22 bits per heavy atom. The van der Waals surface area contributed by atoms with Crippen LogP contribution in [0.1, 0.15) is 47.0 Å². The summed E-state index contributed by atoms with van der Waals surface area (Å²) in [6.07, 6.45) is 4.17. The highest BCUT2D eigenvalue weighted by molar-refractivity contribution is 4.97. The Bertz CT molecular complexity index is 261. The maximum absolute atomic E-state index is 5.83. The number of nitrogens with one attached hydrogen (secondary N) is 1. The lowest BCUT2D eigenvalue weighted by Crippen LogP contribution is -2.65. The Morgan fingerprint density at radius 1 is 1.44 bits per heavy atom. The predicted molar refractivity (Wildman–Crippen MR) is 75.9 cm³/mol. The molecule has 1 N–H and O–H groups in total. The lowest BCUT2D eigenvalue weighted by molar-refractivity contribution is -0.00752. The minimum absolute atomic E-state index is 0.303. The van der Waals surface area contributed by atoms with Crippen LogP contribution >= 0.6 is 0 Å². The van der Waals surface area contributed by atoms with Crippen LogP contribution in [0.25, 0.3) is 0 Å². The molecule has 0 aromatic heterocycles. The van der Waals surface area contributed by atoms with E-state index in [9.17, 15) is 0 Å². The van der Waals surface area contributed by atoms with E-state index in [2.05, 4.69) is 37.9 Å². The van der Waals surface area contributed by atoms with Gasteiger partial charge in [-0.25, -0.2) is 0 Å². The molecular weight excluding hydrogens is 224 g/mol. The zero-order valence-corrected chi connectivity index (χ0v) is 12.5. The van der Waals surface area contributed by atoms with Gasteiger partial charge in [-0.3, -0.25) is 4.90 Å². The number of hydrogen-bond donors (Lipinski definition) is 1. The van der Waals surface area contributed by atoms with Crippen molar-refractivity contribution < 1.29 is 4.74 Å². The van der Waals surface area contributed by atoms with Crippen molar-refractivity contribution >= 4 is 0 Å². The first kappa shape index (κ1) is 14.3. The highest BCUT2D eigenvalue weighted by Crippen LogP contribution is 2.27. The van der Waals surface area contributed by atoms with Crippen LogP contribution < -0.4 is 5.32 Å². The summed E-state index contributed by atoms with van der Waals surface area (Å²) >= 11 is 0. The quantitative estimate of drug-likeness (QED) is 0.833. The van der Waals surface area contributed by atoms with Crippen molar-refractivity contribution in [3.05, 3.63) is 0 Å². The van der Waals surface area contributed by atoms with Crippen LogP contribution in [0.3, 0.4) is 0 Å². The number of rotatable bonds is 4. The summed E-state index contributed by atoms with van der Waals surface area (Å²) in [6, 6.07) is 0.631. The van der Waals surface area contributed by atoms with Gasteiger partial charge in [-0.2, -0.15) is 0 Å². The molecule has 2 aliphatic heterocycles. The molecule has 3 nitrogen and oxygen atoms in total. The van der Waals surface area contributed by atoms with Gasteiger partial charge >= 0.3 is 0 Å². The van der Waals surface area contributed by atoms with Crippen molar-refractivity contribution in [3.63, 3.8) is 0 Å². The Balaban J connectivity index is 1.99. The Kier molecular flexibility index (Phi) is 4.68. The minimum Gasteiger partial charge on any atom is -0.377 e. The van der Waals surface area contributed by atoms with Gasteiger partial charge in [-0.1, -0.05) is 20.8 Å². The van der Waals surface area contributed by atoms with Crippen LogP contribution in [0.2, 0.25) is 0 Å². The molecule has 3 unspecified atom stereocenters. The molecule has 18 heavy (non-hydrogen) atoms. The van der Waals surface area contributed by atoms with E-state index in [1.165, 1.54) is 25.8 Å². The van der Waals surface area contributed by atoms with Crippen molar-refractivity contribution in [2.24, 2.45) is 5.92 Å². The van der Waals surface area contributed by atoms with Crippen LogP contribution in [-0.4, -0.2) is 48.8 Å². The second-order valence-electron chi connectivity index (χ2n) is 6.62. The summed E-state index contributed by atoms with van der Waals surface area (Å²) in [5, 5.41) is 3.73. The molecule has 2 aliphatic rings. The first-order valence-corrected chi connectivity index (χ1v) is 7.65. The SMILES string of the molecule is CCC1(C)CNC(C(C)C)CN1CC1CCCO1. The lowest BCUT2D eigenvalue weighted by atomic mass is 9.89. The Morgan fingerprint density at radius 3 is 2.78 bits per heavy atom. The predicted octanol–water partition coefficient (Wildman–Crippen LogP) is 2.26. The van der Waals surface area contributed by atoms with Gasteiger partial charge in [0, 0.05) is 37.8 Å². The van der Waals surface area contributed by atoms with Crippen molar-refractivity contribution in [1.29, 1.82) is 0 Å². The summed E-state index contributed by atoms with van der Waals surface area (Å²) in [5.74, 6) is 0.707. The van der Waals surface area contributed by atoms with E-state index in [0.29, 0.717) is 23.6 Å². The fourth-order valence-electron chi connectivity index (χ4n) is 3.11. The lowest BCUT2D eigenvalue weighted by Gasteiger charge is -2.49. The highest BCUT2D eigenvalue weighted by Gasteiger charge is 2.38. The van der Waals surface area contributed by atoms with Crippen LogP contribution in [0.15, 0.2) is 0 Å². The first-order chi connectivity index (χ1) is 8.55. The van der Waals surface area contributed by atoms with Crippen LogP contribution in [-0.2, 0) is 4.74 Å². The first-order valence-electron chi connectivity index (χ1n) is 7.65. The smallest absolute Gasteiger partial charge is 0.0703 e. The molecular formula is C15H30N2O. The molecule has 0 aromatic rings. The molecule has 0 saturated carbocycles. The molecule has 3 heteroatoms. The van der Waals surface area contributed by atoms with Crippen LogP contribution in [0, 0.1) is 5.92 Å². The van der Waals surface area contributed by atoms with E-state index in [-0.39, 0.29) is 0 Å². The van der Waals surface area contributed by atoms with Gasteiger partial charge in [0.05, 0.1) is 6.10 Å². The largest absolute Gasteiger partial charge is 0.377 e. The molecule has 0 spiro atoms. The topological polar surface area (TPSA) is 24.5 Å².